The molecule has 2 rings (SSSR count). The summed E-state index contributed by atoms with van der Waals surface area (Å²) in [5.74, 6) is 1.23. The van der Waals surface area contributed by atoms with Gasteiger partial charge in [0, 0.05) is 24.6 Å². The first-order chi connectivity index (χ1) is 12.6. The van der Waals surface area contributed by atoms with Crippen LogP contribution in [-0.2, 0) is 17.8 Å². The summed E-state index contributed by atoms with van der Waals surface area (Å²) >= 11 is 0. The maximum Gasteiger partial charge on any atom is 0.222 e. The number of nitrogens with two attached hydrogens (primary N) is 1. The van der Waals surface area contributed by atoms with Crippen LogP contribution in [0.4, 0.5) is 0 Å². The second-order valence-electron chi connectivity index (χ2n) is 5.98. The quantitative estimate of drug-likeness (QED) is 0.679. The van der Waals surface area contributed by atoms with E-state index in [1.165, 1.54) is 0 Å². The summed E-state index contributed by atoms with van der Waals surface area (Å²) < 4.78 is 10.8. The number of rotatable bonds is 9. The van der Waals surface area contributed by atoms with Gasteiger partial charge in [-0.05, 0) is 29.7 Å². The van der Waals surface area contributed by atoms with E-state index in [1.54, 1.807) is 20.3 Å². The van der Waals surface area contributed by atoms with Crippen LogP contribution in [0.2, 0.25) is 0 Å². The molecule has 0 aliphatic rings. The zero-order chi connectivity index (χ0) is 18.9. The molecule has 0 bridgehead atoms. The van der Waals surface area contributed by atoms with Crippen molar-refractivity contribution in [3.8, 4) is 11.5 Å². The highest BCUT2D eigenvalue weighted by atomic mass is 16.5. The summed E-state index contributed by atoms with van der Waals surface area (Å²) in [6.07, 6.45) is 2.69. The van der Waals surface area contributed by atoms with Crippen molar-refractivity contribution in [1.29, 1.82) is 0 Å². The molecule has 0 fully saturated rings. The van der Waals surface area contributed by atoms with Gasteiger partial charge >= 0.3 is 0 Å². The molecule has 0 aliphatic heterocycles. The molecule has 3 N–H and O–H groups in total. The maximum absolute atomic E-state index is 12.2. The van der Waals surface area contributed by atoms with Gasteiger partial charge in [0.1, 0.15) is 0 Å². The molecule has 5 nitrogen and oxygen atoms in total. The van der Waals surface area contributed by atoms with Crippen molar-refractivity contribution in [2.75, 3.05) is 14.2 Å². The van der Waals surface area contributed by atoms with Gasteiger partial charge in [-0.2, -0.15) is 0 Å². The first-order valence-electron chi connectivity index (χ1n) is 8.51. The summed E-state index contributed by atoms with van der Waals surface area (Å²) in [5.41, 5.74) is 8.95. The Hall–Kier alpha value is -2.79. The topological polar surface area (TPSA) is 73.6 Å². The standard InChI is InChI=1S/C21H26N2O3/c1-4-8-17-11-15(12-19(25-2)21(17)26-3)14-23-20(24)13-18(22)16-9-6-5-7-10-16/h4-7,9-12,18H,1,8,13-14,22H2,2-3H3,(H,23,24). The monoisotopic (exact) mass is 354 g/mol. The predicted molar refractivity (Wildman–Crippen MR) is 103 cm³/mol. The highest BCUT2D eigenvalue weighted by molar-refractivity contribution is 5.76. The van der Waals surface area contributed by atoms with E-state index in [-0.39, 0.29) is 18.4 Å². The number of hydrogen-bond donors (Lipinski definition) is 2. The molecule has 0 saturated carbocycles. The number of hydrogen-bond acceptors (Lipinski definition) is 4. The van der Waals surface area contributed by atoms with Gasteiger partial charge in [-0.3, -0.25) is 4.79 Å². The Balaban J connectivity index is 2.03. The average Bonchev–Trinajstić information content (AvgIpc) is 2.66. The van der Waals surface area contributed by atoms with E-state index in [2.05, 4.69) is 11.9 Å². The summed E-state index contributed by atoms with van der Waals surface area (Å²) in [5, 5.41) is 2.92. The van der Waals surface area contributed by atoms with Gasteiger partial charge in [0.25, 0.3) is 0 Å². The molecule has 0 radical (unpaired) electrons. The summed E-state index contributed by atoms with van der Waals surface area (Å²) in [4.78, 5) is 12.2. The summed E-state index contributed by atoms with van der Waals surface area (Å²) in [6, 6.07) is 13.1. The second kappa shape index (κ2) is 9.63. The summed E-state index contributed by atoms with van der Waals surface area (Å²) in [7, 11) is 3.20. The summed E-state index contributed by atoms with van der Waals surface area (Å²) in [6.45, 7) is 4.17. The zero-order valence-corrected chi connectivity index (χ0v) is 15.3. The lowest BCUT2D eigenvalue weighted by Crippen LogP contribution is -2.27. The number of benzene rings is 2. The van der Waals surface area contributed by atoms with Crippen LogP contribution in [0.5, 0.6) is 11.5 Å². The van der Waals surface area contributed by atoms with Gasteiger partial charge in [0.15, 0.2) is 11.5 Å². The number of methoxy groups -OCH3 is 2. The maximum atomic E-state index is 12.2. The van der Waals surface area contributed by atoms with Crippen LogP contribution in [0.15, 0.2) is 55.1 Å². The van der Waals surface area contributed by atoms with Gasteiger partial charge in [-0.15, -0.1) is 6.58 Å². The molecule has 1 amide bonds. The molecule has 0 saturated heterocycles. The van der Waals surface area contributed by atoms with Crippen LogP contribution in [0, 0.1) is 0 Å². The van der Waals surface area contributed by atoms with Crippen molar-refractivity contribution in [1.82, 2.24) is 5.32 Å². The van der Waals surface area contributed by atoms with Gasteiger partial charge in [-0.1, -0.05) is 36.4 Å². The molecular weight excluding hydrogens is 328 g/mol. The van der Waals surface area contributed by atoms with Gasteiger partial charge in [0.05, 0.1) is 14.2 Å². The number of carbonyl (C=O) groups is 1. The third-order valence-electron chi connectivity index (χ3n) is 4.10. The van der Waals surface area contributed by atoms with Crippen LogP contribution in [0.1, 0.15) is 29.2 Å². The number of nitrogens with one attached hydrogen (secondary N) is 1. The number of amides is 1. The van der Waals surface area contributed by atoms with Crippen LogP contribution in [-0.4, -0.2) is 20.1 Å². The van der Waals surface area contributed by atoms with Gasteiger partial charge in [-0.25, -0.2) is 0 Å². The Labute approximate surface area is 154 Å². The molecule has 0 heterocycles. The average molecular weight is 354 g/mol. The third-order valence-corrected chi connectivity index (χ3v) is 4.10. The van der Waals surface area contributed by atoms with Gasteiger partial charge in [0.2, 0.25) is 5.91 Å². The Morgan fingerprint density at radius 2 is 1.96 bits per heavy atom. The minimum absolute atomic E-state index is 0.0959. The molecule has 138 valence electrons. The Bertz CT molecular complexity index is 744. The smallest absolute Gasteiger partial charge is 0.222 e. The molecule has 1 atom stereocenters. The second-order valence-corrected chi connectivity index (χ2v) is 5.98. The van der Waals surface area contributed by atoms with E-state index >= 15 is 0 Å². The van der Waals surface area contributed by atoms with Crippen molar-refractivity contribution in [3.63, 3.8) is 0 Å². The van der Waals surface area contributed by atoms with E-state index < -0.39 is 0 Å². The highest BCUT2D eigenvalue weighted by Crippen LogP contribution is 2.33. The predicted octanol–water partition coefficient (Wildman–Crippen LogP) is 3.14. The molecule has 0 aromatic heterocycles. The lowest BCUT2D eigenvalue weighted by Gasteiger charge is -2.15. The van der Waals surface area contributed by atoms with Crippen LogP contribution >= 0.6 is 0 Å². The number of carbonyl (C=O) groups excluding carboxylic acids is 1. The highest BCUT2D eigenvalue weighted by Gasteiger charge is 2.14. The fourth-order valence-corrected chi connectivity index (χ4v) is 2.81. The third kappa shape index (κ3) is 5.10. The SMILES string of the molecule is C=CCc1cc(CNC(=O)CC(N)c2ccccc2)cc(OC)c1OC. The normalized spacial score (nSPS) is 11.5. The molecule has 0 spiro atoms. The zero-order valence-electron chi connectivity index (χ0n) is 15.3. The minimum Gasteiger partial charge on any atom is -0.493 e. The molecule has 26 heavy (non-hydrogen) atoms. The molecular formula is C21H26N2O3. The Morgan fingerprint density at radius 3 is 2.58 bits per heavy atom. The molecule has 2 aromatic carbocycles. The van der Waals surface area contributed by atoms with E-state index in [9.17, 15) is 4.79 Å². The van der Waals surface area contributed by atoms with Crippen LogP contribution in [0.25, 0.3) is 0 Å². The Morgan fingerprint density at radius 1 is 1.23 bits per heavy atom. The van der Waals surface area contributed by atoms with E-state index in [4.69, 9.17) is 15.2 Å². The van der Waals surface area contributed by atoms with E-state index in [0.717, 1.165) is 16.7 Å². The fraction of sp³-hybridized carbons (Fsp3) is 0.286. The fourth-order valence-electron chi connectivity index (χ4n) is 2.81. The van der Waals surface area contributed by atoms with Crippen molar-refractivity contribution in [3.05, 3.63) is 71.8 Å². The van der Waals surface area contributed by atoms with E-state index in [0.29, 0.717) is 24.5 Å². The van der Waals surface area contributed by atoms with Crippen LogP contribution < -0.4 is 20.5 Å². The first-order valence-corrected chi connectivity index (χ1v) is 8.51. The van der Waals surface area contributed by atoms with Crippen molar-refractivity contribution >= 4 is 5.91 Å². The van der Waals surface area contributed by atoms with Crippen molar-refractivity contribution in [2.24, 2.45) is 5.73 Å². The van der Waals surface area contributed by atoms with Crippen LogP contribution in [0.3, 0.4) is 0 Å². The first kappa shape index (κ1) is 19.5. The van der Waals surface area contributed by atoms with Crippen molar-refractivity contribution in [2.45, 2.75) is 25.4 Å². The minimum atomic E-state index is -0.321. The molecule has 0 aliphatic carbocycles. The van der Waals surface area contributed by atoms with Crippen molar-refractivity contribution < 1.29 is 14.3 Å². The van der Waals surface area contributed by atoms with E-state index in [1.807, 2.05) is 42.5 Å². The largest absolute Gasteiger partial charge is 0.493 e. The number of allylic oxidation sites excluding steroid dienone is 1. The lowest BCUT2D eigenvalue weighted by atomic mass is 10.0. The van der Waals surface area contributed by atoms with Gasteiger partial charge < -0.3 is 20.5 Å². The molecule has 5 heteroatoms. The lowest BCUT2D eigenvalue weighted by molar-refractivity contribution is -0.121. The Kier molecular flexibility index (Phi) is 7.24. The number of ether oxygens (including phenoxy) is 2. The molecule has 2 aromatic rings. The molecule has 1 unspecified atom stereocenters.